The normalized spacial score (nSPS) is 12.2. The lowest BCUT2D eigenvalue weighted by Crippen LogP contribution is -2.28. The van der Waals surface area contributed by atoms with Gasteiger partial charge < -0.3 is 5.32 Å². The molecule has 2 N–H and O–H groups in total. The number of nitrogens with zero attached hydrogens (tertiary/aromatic N) is 1. The zero-order valence-corrected chi connectivity index (χ0v) is 12.9. The first kappa shape index (κ1) is 17.6. The van der Waals surface area contributed by atoms with Gasteiger partial charge in [-0.05, 0) is 18.2 Å². The van der Waals surface area contributed by atoms with Crippen molar-refractivity contribution in [2.45, 2.75) is 36.6 Å². The Morgan fingerprint density at radius 1 is 1.29 bits per heavy atom. The Balaban J connectivity index is 3.16. The molecular weight excluding hydrogens is 305 g/mol. The van der Waals surface area contributed by atoms with Crippen molar-refractivity contribution < 1.29 is 23.2 Å². The maximum Gasteiger partial charge on any atom is 0.417 e. The fourth-order valence-electron chi connectivity index (χ4n) is 1.45. The van der Waals surface area contributed by atoms with Gasteiger partial charge in [0.15, 0.2) is 0 Å². The maximum atomic E-state index is 13.1. The first-order valence-corrected chi connectivity index (χ1v) is 6.85. The van der Waals surface area contributed by atoms with Crippen LogP contribution in [0.15, 0.2) is 23.1 Å². The van der Waals surface area contributed by atoms with E-state index in [0.717, 1.165) is 24.9 Å². The van der Waals surface area contributed by atoms with Gasteiger partial charge in [0, 0.05) is 22.4 Å². The monoisotopic (exact) mass is 322 g/mol. The third kappa shape index (κ3) is 5.47. The molecular formula is C13H17F3N2O2S. The van der Waals surface area contributed by atoms with Crippen molar-refractivity contribution in [2.24, 2.45) is 0 Å². The molecule has 0 unspecified atom stereocenters. The summed E-state index contributed by atoms with van der Waals surface area (Å²) < 4.78 is 39.0. The van der Waals surface area contributed by atoms with Gasteiger partial charge in [-0.25, -0.2) is 9.86 Å². The van der Waals surface area contributed by atoms with Gasteiger partial charge in [0.2, 0.25) is 0 Å². The Morgan fingerprint density at radius 3 is 2.29 bits per heavy atom. The van der Waals surface area contributed by atoms with Gasteiger partial charge in [-0.1, -0.05) is 20.8 Å². The second-order valence-electron chi connectivity index (χ2n) is 5.38. The zero-order valence-electron chi connectivity index (χ0n) is 12.1. The molecule has 1 aromatic carbocycles. The first-order valence-electron chi connectivity index (χ1n) is 6.04. The lowest BCUT2D eigenvalue weighted by Gasteiger charge is -2.21. The van der Waals surface area contributed by atoms with E-state index in [9.17, 15) is 18.0 Å². The lowest BCUT2D eigenvalue weighted by molar-refractivity contribution is -0.139. The molecule has 2 amide bonds. The molecule has 0 aliphatic heterocycles. The van der Waals surface area contributed by atoms with Gasteiger partial charge in [-0.3, -0.25) is 5.21 Å². The van der Waals surface area contributed by atoms with Gasteiger partial charge in [0.25, 0.3) is 0 Å². The highest BCUT2D eigenvalue weighted by atomic mass is 32.2. The second kappa shape index (κ2) is 6.15. The van der Waals surface area contributed by atoms with E-state index in [-0.39, 0.29) is 20.4 Å². The summed E-state index contributed by atoms with van der Waals surface area (Å²) in [6.45, 7) is 5.44. The van der Waals surface area contributed by atoms with Crippen LogP contribution in [0.25, 0.3) is 0 Å². The number of hydrogen-bond donors (Lipinski definition) is 2. The molecule has 0 saturated heterocycles. The van der Waals surface area contributed by atoms with Gasteiger partial charge in [-0.2, -0.15) is 13.2 Å². The molecule has 0 aliphatic carbocycles. The quantitative estimate of drug-likeness (QED) is 0.480. The molecule has 0 bridgehead atoms. The number of benzene rings is 1. The molecule has 8 heteroatoms. The topological polar surface area (TPSA) is 52.6 Å². The number of halogens is 3. The van der Waals surface area contributed by atoms with Crippen molar-refractivity contribution in [3.63, 3.8) is 0 Å². The molecule has 0 spiro atoms. The highest BCUT2D eigenvalue weighted by Crippen LogP contribution is 2.42. The molecule has 0 heterocycles. The predicted octanol–water partition coefficient (Wildman–Crippen LogP) is 4.45. The Hall–Kier alpha value is -1.41. The molecule has 21 heavy (non-hydrogen) atoms. The van der Waals surface area contributed by atoms with Crippen molar-refractivity contribution >= 4 is 23.5 Å². The highest BCUT2D eigenvalue weighted by Gasteiger charge is 2.35. The number of hydrogen-bond acceptors (Lipinski definition) is 3. The molecule has 0 aliphatic rings. The molecule has 1 rings (SSSR count). The highest BCUT2D eigenvalue weighted by molar-refractivity contribution is 8.00. The Morgan fingerprint density at radius 2 is 1.86 bits per heavy atom. The SMILES string of the molecule is CN(O)C(=O)Nc1ccc(SC(C)(C)C)c(C(F)(F)F)c1. The van der Waals surface area contributed by atoms with Gasteiger partial charge in [-0.15, -0.1) is 11.8 Å². The number of nitrogens with one attached hydrogen (secondary N) is 1. The molecule has 0 radical (unpaired) electrons. The number of thioether (sulfide) groups is 1. The van der Waals surface area contributed by atoms with Gasteiger partial charge >= 0.3 is 12.2 Å². The van der Waals surface area contributed by atoms with Crippen LogP contribution in [0.4, 0.5) is 23.7 Å². The van der Waals surface area contributed by atoms with Crippen LogP contribution in [0.3, 0.4) is 0 Å². The van der Waals surface area contributed by atoms with Gasteiger partial charge in [0.05, 0.1) is 5.56 Å². The molecule has 1 aromatic rings. The van der Waals surface area contributed by atoms with Crippen LogP contribution in [0.1, 0.15) is 26.3 Å². The zero-order chi connectivity index (χ0) is 16.4. The number of amides is 2. The largest absolute Gasteiger partial charge is 0.417 e. The van der Waals surface area contributed by atoms with Crippen molar-refractivity contribution in [2.75, 3.05) is 12.4 Å². The molecule has 0 saturated carbocycles. The summed E-state index contributed by atoms with van der Waals surface area (Å²) in [6, 6.07) is 2.62. The van der Waals surface area contributed by atoms with Crippen LogP contribution in [0.2, 0.25) is 0 Å². The average Bonchev–Trinajstić information content (AvgIpc) is 2.27. The summed E-state index contributed by atoms with van der Waals surface area (Å²) in [6.07, 6.45) is -4.53. The number of alkyl halides is 3. The molecule has 0 atom stereocenters. The minimum absolute atomic E-state index is 0.0357. The fraction of sp³-hybridized carbons (Fsp3) is 0.462. The lowest BCUT2D eigenvalue weighted by atomic mass is 10.2. The summed E-state index contributed by atoms with van der Waals surface area (Å²) in [5, 5.41) is 11.3. The summed E-state index contributed by atoms with van der Waals surface area (Å²) in [5.74, 6) is 0. The van der Waals surface area contributed by atoms with Crippen LogP contribution >= 0.6 is 11.8 Å². The number of anilines is 1. The van der Waals surface area contributed by atoms with E-state index in [2.05, 4.69) is 5.32 Å². The summed E-state index contributed by atoms with van der Waals surface area (Å²) in [7, 11) is 1.07. The standard InChI is InChI=1S/C13H17F3N2O2S/c1-12(2,3)21-10-6-5-8(17-11(19)18(4)20)7-9(10)13(14,15)16/h5-7,20H,1-4H3,(H,17,19). The summed E-state index contributed by atoms with van der Waals surface area (Å²) in [4.78, 5) is 11.4. The number of urea groups is 1. The Labute approximate surface area is 125 Å². The Kier molecular flexibility index (Phi) is 5.16. The van der Waals surface area contributed by atoms with Crippen molar-refractivity contribution in [1.82, 2.24) is 5.06 Å². The third-order valence-electron chi connectivity index (χ3n) is 2.25. The minimum Gasteiger partial charge on any atom is -0.306 e. The Bertz CT molecular complexity index is 525. The van der Waals surface area contributed by atoms with Crippen molar-refractivity contribution in [3.8, 4) is 0 Å². The van der Waals surface area contributed by atoms with Gasteiger partial charge in [0.1, 0.15) is 0 Å². The van der Waals surface area contributed by atoms with E-state index >= 15 is 0 Å². The van der Waals surface area contributed by atoms with E-state index in [4.69, 9.17) is 5.21 Å². The second-order valence-corrected chi connectivity index (χ2v) is 7.25. The van der Waals surface area contributed by atoms with E-state index in [0.29, 0.717) is 0 Å². The van der Waals surface area contributed by atoms with Crippen LogP contribution in [0, 0.1) is 0 Å². The molecule has 4 nitrogen and oxygen atoms in total. The van der Waals surface area contributed by atoms with E-state index < -0.39 is 17.8 Å². The maximum absolute atomic E-state index is 13.1. The third-order valence-corrected chi connectivity index (χ3v) is 3.43. The van der Waals surface area contributed by atoms with Crippen molar-refractivity contribution in [3.05, 3.63) is 23.8 Å². The van der Waals surface area contributed by atoms with E-state index in [1.165, 1.54) is 12.1 Å². The fourth-order valence-corrected chi connectivity index (χ4v) is 2.53. The number of rotatable bonds is 2. The van der Waals surface area contributed by atoms with E-state index in [1.54, 1.807) is 0 Å². The number of carbonyl (C=O) groups excluding carboxylic acids is 1. The van der Waals surface area contributed by atoms with Crippen LogP contribution < -0.4 is 5.32 Å². The van der Waals surface area contributed by atoms with Crippen LogP contribution in [0.5, 0.6) is 0 Å². The van der Waals surface area contributed by atoms with Crippen LogP contribution in [-0.2, 0) is 6.18 Å². The smallest absolute Gasteiger partial charge is 0.306 e. The van der Waals surface area contributed by atoms with Crippen molar-refractivity contribution in [1.29, 1.82) is 0 Å². The molecule has 118 valence electrons. The average molecular weight is 322 g/mol. The van der Waals surface area contributed by atoms with E-state index in [1.807, 2.05) is 20.8 Å². The summed E-state index contributed by atoms with van der Waals surface area (Å²) >= 11 is 1.10. The summed E-state index contributed by atoms with van der Waals surface area (Å²) in [5.41, 5.74) is -0.854. The predicted molar refractivity (Wildman–Crippen MR) is 75.6 cm³/mol. The molecule has 0 aromatic heterocycles. The van der Waals surface area contributed by atoms with Crippen LogP contribution in [-0.4, -0.2) is 28.1 Å². The minimum atomic E-state index is -4.53. The number of carbonyl (C=O) groups is 1. The first-order chi connectivity index (χ1) is 9.40. The number of hydroxylamine groups is 2. The molecule has 0 fully saturated rings.